The predicted octanol–water partition coefficient (Wildman–Crippen LogP) is 1.89. The maximum absolute atomic E-state index is 12.8. The number of amides is 1. The molecule has 0 N–H and O–H groups in total. The van der Waals surface area contributed by atoms with Gasteiger partial charge in [0.15, 0.2) is 0 Å². The second-order valence-electron chi connectivity index (χ2n) is 4.91. The summed E-state index contributed by atoms with van der Waals surface area (Å²) < 4.78 is 9.95. The molecule has 0 saturated carbocycles. The lowest BCUT2D eigenvalue weighted by atomic mass is 10.1. The minimum Gasteiger partial charge on any atom is -0.465 e. The number of fused-ring (bicyclic) bond motifs is 1. The first kappa shape index (κ1) is 16.9. The van der Waals surface area contributed by atoms with Gasteiger partial charge in [-0.1, -0.05) is 24.3 Å². The average molecular weight is 316 g/mol. The number of pyridine rings is 1. The molecule has 1 aromatic heterocycles. The lowest BCUT2D eigenvalue weighted by Crippen LogP contribution is -2.39. The van der Waals surface area contributed by atoms with E-state index in [9.17, 15) is 9.59 Å². The zero-order valence-corrected chi connectivity index (χ0v) is 13.3. The van der Waals surface area contributed by atoms with Gasteiger partial charge >= 0.3 is 5.97 Å². The molecule has 0 aliphatic heterocycles. The summed E-state index contributed by atoms with van der Waals surface area (Å²) in [5.74, 6) is -0.760. The first-order chi connectivity index (χ1) is 11.2. The van der Waals surface area contributed by atoms with E-state index in [4.69, 9.17) is 9.47 Å². The van der Waals surface area contributed by atoms with Gasteiger partial charge < -0.3 is 14.4 Å². The second kappa shape index (κ2) is 8.24. The van der Waals surface area contributed by atoms with Crippen LogP contribution in [0.5, 0.6) is 0 Å². The molecule has 0 spiro atoms. The minimum absolute atomic E-state index is 0.124. The van der Waals surface area contributed by atoms with Crippen molar-refractivity contribution in [1.29, 1.82) is 0 Å². The quantitative estimate of drug-likeness (QED) is 0.730. The number of carbonyl (C=O) groups excluding carboxylic acids is 2. The Hall–Kier alpha value is -2.47. The number of methoxy groups -OCH3 is 1. The van der Waals surface area contributed by atoms with Crippen LogP contribution in [-0.4, -0.2) is 55.2 Å². The summed E-state index contributed by atoms with van der Waals surface area (Å²) >= 11 is 0. The molecule has 2 aromatic rings. The Bertz CT molecular complexity index is 682. The third-order valence-electron chi connectivity index (χ3n) is 3.35. The van der Waals surface area contributed by atoms with E-state index in [0.717, 1.165) is 10.8 Å². The molecule has 1 amide bonds. The van der Waals surface area contributed by atoms with Gasteiger partial charge in [-0.05, 0) is 18.4 Å². The molecule has 1 aromatic carbocycles. The van der Waals surface area contributed by atoms with E-state index in [1.54, 1.807) is 20.2 Å². The molecule has 0 aliphatic carbocycles. The fourth-order valence-electron chi connectivity index (χ4n) is 2.26. The topological polar surface area (TPSA) is 68.7 Å². The fourth-order valence-corrected chi connectivity index (χ4v) is 2.26. The molecule has 6 nitrogen and oxygen atoms in total. The van der Waals surface area contributed by atoms with Crippen LogP contribution in [0, 0.1) is 0 Å². The van der Waals surface area contributed by atoms with Gasteiger partial charge in [-0.25, -0.2) is 0 Å². The molecule has 0 aliphatic rings. The SMILES string of the molecule is CCOC(=O)CN(CCOC)C(=O)c1nccc2ccccc12. The number of carbonyl (C=O) groups is 2. The monoisotopic (exact) mass is 316 g/mol. The third kappa shape index (κ3) is 4.26. The smallest absolute Gasteiger partial charge is 0.325 e. The van der Waals surface area contributed by atoms with Gasteiger partial charge in [-0.3, -0.25) is 14.6 Å². The molecule has 122 valence electrons. The molecule has 0 radical (unpaired) electrons. The summed E-state index contributed by atoms with van der Waals surface area (Å²) in [5.41, 5.74) is 0.323. The molecule has 0 saturated heterocycles. The molecule has 23 heavy (non-hydrogen) atoms. The van der Waals surface area contributed by atoms with Gasteiger partial charge in [0, 0.05) is 25.2 Å². The minimum atomic E-state index is -0.447. The second-order valence-corrected chi connectivity index (χ2v) is 4.91. The van der Waals surface area contributed by atoms with Crippen LogP contribution < -0.4 is 0 Å². The number of rotatable bonds is 7. The highest BCUT2D eigenvalue weighted by Crippen LogP contribution is 2.17. The average Bonchev–Trinajstić information content (AvgIpc) is 2.57. The molecular weight excluding hydrogens is 296 g/mol. The molecule has 0 atom stereocenters. The lowest BCUT2D eigenvalue weighted by molar-refractivity contribution is -0.143. The van der Waals surface area contributed by atoms with Gasteiger partial charge in [0.2, 0.25) is 0 Å². The maximum atomic E-state index is 12.8. The molecule has 1 heterocycles. The summed E-state index contributed by atoms with van der Waals surface area (Å²) in [6.45, 7) is 2.50. The number of esters is 1. The van der Waals surface area contributed by atoms with Crippen molar-refractivity contribution in [3.05, 3.63) is 42.2 Å². The van der Waals surface area contributed by atoms with Gasteiger partial charge in [0.1, 0.15) is 12.2 Å². The number of aromatic nitrogens is 1. The normalized spacial score (nSPS) is 10.5. The van der Waals surface area contributed by atoms with Crippen LogP contribution in [0.15, 0.2) is 36.5 Å². The van der Waals surface area contributed by atoms with Crippen molar-refractivity contribution in [3.8, 4) is 0 Å². The van der Waals surface area contributed by atoms with Crippen LogP contribution in [0.4, 0.5) is 0 Å². The number of ether oxygens (including phenoxy) is 2. The van der Waals surface area contributed by atoms with Crippen LogP contribution in [0.2, 0.25) is 0 Å². The van der Waals surface area contributed by atoms with Crippen LogP contribution in [0.1, 0.15) is 17.4 Å². The van der Waals surface area contributed by atoms with E-state index in [2.05, 4.69) is 4.98 Å². The molecule has 0 bridgehead atoms. The highest BCUT2D eigenvalue weighted by atomic mass is 16.5. The fraction of sp³-hybridized carbons (Fsp3) is 0.353. The summed E-state index contributed by atoms with van der Waals surface area (Å²) in [5, 5.41) is 1.68. The molecular formula is C17H20N2O4. The molecule has 2 rings (SSSR count). The third-order valence-corrected chi connectivity index (χ3v) is 3.35. The van der Waals surface area contributed by atoms with Crippen molar-refractivity contribution < 1.29 is 19.1 Å². The van der Waals surface area contributed by atoms with Crippen LogP contribution in [-0.2, 0) is 14.3 Å². The van der Waals surface area contributed by atoms with Crippen molar-refractivity contribution in [2.24, 2.45) is 0 Å². The van der Waals surface area contributed by atoms with Crippen molar-refractivity contribution in [2.75, 3.05) is 33.4 Å². The highest BCUT2D eigenvalue weighted by molar-refractivity contribution is 6.05. The molecule has 6 heteroatoms. The number of nitrogens with zero attached hydrogens (tertiary/aromatic N) is 2. The van der Waals surface area contributed by atoms with E-state index in [-0.39, 0.29) is 19.1 Å². The Kier molecular flexibility index (Phi) is 6.05. The van der Waals surface area contributed by atoms with Gasteiger partial charge in [-0.15, -0.1) is 0 Å². The van der Waals surface area contributed by atoms with E-state index < -0.39 is 5.97 Å². The van der Waals surface area contributed by atoms with Crippen LogP contribution in [0.3, 0.4) is 0 Å². The highest BCUT2D eigenvalue weighted by Gasteiger charge is 2.22. The van der Waals surface area contributed by atoms with Gasteiger partial charge in [0.05, 0.1) is 13.2 Å². The largest absolute Gasteiger partial charge is 0.465 e. The summed E-state index contributed by atoms with van der Waals surface area (Å²) in [4.78, 5) is 30.1. The number of hydrogen-bond donors (Lipinski definition) is 0. The van der Waals surface area contributed by atoms with E-state index in [0.29, 0.717) is 18.8 Å². The maximum Gasteiger partial charge on any atom is 0.325 e. The standard InChI is InChI=1S/C17H20N2O4/c1-3-23-15(20)12-19(10-11-22-2)17(21)16-14-7-5-4-6-13(14)8-9-18-16/h4-9H,3,10-12H2,1-2H3. The van der Waals surface area contributed by atoms with Crippen molar-refractivity contribution in [1.82, 2.24) is 9.88 Å². The van der Waals surface area contributed by atoms with Crippen LogP contribution in [0.25, 0.3) is 10.8 Å². The summed E-state index contributed by atoms with van der Waals surface area (Å²) in [6.07, 6.45) is 1.59. The summed E-state index contributed by atoms with van der Waals surface area (Å²) in [7, 11) is 1.54. The Labute approximate surface area is 135 Å². The molecule has 0 fully saturated rings. The first-order valence-electron chi connectivity index (χ1n) is 7.45. The van der Waals surface area contributed by atoms with Gasteiger partial charge in [0.25, 0.3) is 5.91 Å². The zero-order valence-electron chi connectivity index (χ0n) is 13.3. The summed E-state index contributed by atoms with van der Waals surface area (Å²) in [6, 6.07) is 9.35. The van der Waals surface area contributed by atoms with Crippen molar-refractivity contribution in [3.63, 3.8) is 0 Å². The van der Waals surface area contributed by atoms with Crippen LogP contribution >= 0.6 is 0 Å². The Morgan fingerprint density at radius 2 is 2.00 bits per heavy atom. The number of hydrogen-bond acceptors (Lipinski definition) is 5. The Morgan fingerprint density at radius 3 is 2.74 bits per heavy atom. The van der Waals surface area contributed by atoms with Crippen molar-refractivity contribution in [2.45, 2.75) is 6.92 Å². The van der Waals surface area contributed by atoms with E-state index in [1.165, 1.54) is 4.90 Å². The Balaban J connectivity index is 2.29. The van der Waals surface area contributed by atoms with Crippen molar-refractivity contribution >= 4 is 22.6 Å². The Morgan fingerprint density at radius 1 is 1.22 bits per heavy atom. The predicted molar refractivity (Wildman–Crippen MR) is 86.2 cm³/mol. The number of benzene rings is 1. The molecule has 0 unspecified atom stereocenters. The first-order valence-corrected chi connectivity index (χ1v) is 7.45. The lowest BCUT2D eigenvalue weighted by Gasteiger charge is -2.21. The zero-order chi connectivity index (χ0) is 16.7. The van der Waals surface area contributed by atoms with E-state index in [1.807, 2.05) is 30.3 Å². The van der Waals surface area contributed by atoms with E-state index >= 15 is 0 Å². The van der Waals surface area contributed by atoms with Gasteiger partial charge in [-0.2, -0.15) is 0 Å².